The first-order valence-electron chi connectivity index (χ1n) is 9.13. The number of aromatic nitrogens is 2. The molecule has 0 spiro atoms. The summed E-state index contributed by atoms with van der Waals surface area (Å²) in [5, 5.41) is 2.78. The number of benzene rings is 2. The van der Waals surface area contributed by atoms with E-state index in [1.54, 1.807) is 42.3 Å². The molecular formula is C21H24N4O3. The van der Waals surface area contributed by atoms with Gasteiger partial charge in [-0.15, -0.1) is 0 Å². The fourth-order valence-corrected chi connectivity index (χ4v) is 2.96. The summed E-state index contributed by atoms with van der Waals surface area (Å²) in [6.45, 7) is 5.62. The highest BCUT2D eigenvalue weighted by Crippen LogP contribution is 2.18. The number of rotatable bonds is 5. The van der Waals surface area contributed by atoms with Gasteiger partial charge in [0.2, 0.25) is 5.91 Å². The summed E-state index contributed by atoms with van der Waals surface area (Å²) < 4.78 is 1.39. The maximum atomic E-state index is 12.7. The molecule has 0 saturated heterocycles. The average Bonchev–Trinajstić information content (AvgIpc) is 2.97. The van der Waals surface area contributed by atoms with E-state index in [4.69, 9.17) is 0 Å². The summed E-state index contributed by atoms with van der Waals surface area (Å²) in [7, 11) is 1.75. The zero-order chi connectivity index (χ0) is 20.4. The van der Waals surface area contributed by atoms with Crippen LogP contribution in [0.3, 0.4) is 0 Å². The molecule has 0 aliphatic rings. The Hall–Kier alpha value is -3.35. The van der Waals surface area contributed by atoms with E-state index in [1.165, 1.54) is 4.57 Å². The SMILES string of the molecule is Cc1ccc(NC(=O)Cn2c(=O)[nH]c3ccccc32)cc1C(=O)N(C)C(C)C. The van der Waals surface area contributed by atoms with Gasteiger partial charge in [0.1, 0.15) is 6.54 Å². The Morgan fingerprint density at radius 2 is 1.89 bits per heavy atom. The Kier molecular flexibility index (Phi) is 5.35. The molecule has 7 heteroatoms. The topological polar surface area (TPSA) is 87.2 Å². The van der Waals surface area contributed by atoms with Crippen molar-refractivity contribution in [2.45, 2.75) is 33.4 Å². The predicted molar refractivity (Wildman–Crippen MR) is 110 cm³/mol. The number of H-pyrrole nitrogens is 1. The molecule has 0 radical (unpaired) electrons. The number of anilines is 1. The number of amides is 2. The van der Waals surface area contributed by atoms with Crippen molar-refractivity contribution in [2.75, 3.05) is 12.4 Å². The fourth-order valence-electron chi connectivity index (χ4n) is 2.96. The van der Waals surface area contributed by atoms with E-state index in [2.05, 4.69) is 10.3 Å². The van der Waals surface area contributed by atoms with Crippen molar-refractivity contribution in [3.63, 3.8) is 0 Å². The second-order valence-corrected chi connectivity index (χ2v) is 7.12. The molecule has 0 atom stereocenters. The lowest BCUT2D eigenvalue weighted by Gasteiger charge is -2.22. The molecule has 0 aliphatic carbocycles. The van der Waals surface area contributed by atoms with Crippen molar-refractivity contribution in [3.8, 4) is 0 Å². The van der Waals surface area contributed by atoms with Crippen molar-refractivity contribution in [2.24, 2.45) is 0 Å². The van der Waals surface area contributed by atoms with Crippen LogP contribution in [0.5, 0.6) is 0 Å². The van der Waals surface area contributed by atoms with Crippen LogP contribution < -0.4 is 11.0 Å². The number of para-hydroxylation sites is 2. The van der Waals surface area contributed by atoms with Gasteiger partial charge in [0, 0.05) is 24.3 Å². The van der Waals surface area contributed by atoms with Gasteiger partial charge in [-0.25, -0.2) is 4.79 Å². The van der Waals surface area contributed by atoms with E-state index in [0.29, 0.717) is 22.3 Å². The third-order valence-corrected chi connectivity index (χ3v) is 4.83. The monoisotopic (exact) mass is 380 g/mol. The van der Waals surface area contributed by atoms with Crippen molar-refractivity contribution >= 4 is 28.5 Å². The zero-order valence-corrected chi connectivity index (χ0v) is 16.4. The maximum absolute atomic E-state index is 12.7. The molecule has 0 saturated carbocycles. The molecule has 3 rings (SSSR count). The quantitative estimate of drug-likeness (QED) is 0.713. The lowest BCUT2D eigenvalue weighted by molar-refractivity contribution is -0.116. The van der Waals surface area contributed by atoms with Crippen LogP contribution in [0.25, 0.3) is 11.0 Å². The number of carbonyl (C=O) groups is 2. The number of hydrogen-bond donors (Lipinski definition) is 2. The van der Waals surface area contributed by atoms with Gasteiger partial charge >= 0.3 is 5.69 Å². The average molecular weight is 380 g/mol. The Labute approximate surface area is 163 Å². The molecule has 1 heterocycles. The van der Waals surface area contributed by atoms with Crippen molar-refractivity contribution in [1.82, 2.24) is 14.5 Å². The molecule has 2 N–H and O–H groups in total. The van der Waals surface area contributed by atoms with E-state index in [0.717, 1.165) is 5.56 Å². The van der Waals surface area contributed by atoms with Crippen LogP contribution in [0.15, 0.2) is 47.3 Å². The molecule has 2 aromatic carbocycles. The molecule has 0 aliphatic heterocycles. The van der Waals surface area contributed by atoms with E-state index in [1.807, 2.05) is 32.9 Å². The number of nitrogens with zero attached hydrogens (tertiary/aromatic N) is 2. The van der Waals surface area contributed by atoms with Crippen LogP contribution in [-0.4, -0.2) is 39.4 Å². The van der Waals surface area contributed by atoms with Crippen LogP contribution in [0.4, 0.5) is 5.69 Å². The normalized spacial score (nSPS) is 11.0. The van der Waals surface area contributed by atoms with Crippen molar-refractivity contribution in [1.29, 1.82) is 0 Å². The molecule has 1 aromatic heterocycles. The number of nitrogens with one attached hydrogen (secondary N) is 2. The highest BCUT2D eigenvalue weighted by atomic mass is 16.2. The third kappa shape index (κ3) is 3.83. The minimum atomic E-state index is -0.341. The minimum Gasteiger partial charge on any atom is -0.339 e. The van der Waals surface area contributed by atoms with Gasteiger partial charge in [-0.3, -0.25) is 14.2 Å². The molecule has 146 valence electrons. The second kappa shape index (κ2) is 7.72. The zero-order valence-electron chi connectivity index (χ0n) is 16.4. The number of aromatic amines is 1. The van der Waals surface area contributed by atoms with Gasteiger partial charge in [0.15, 0.2) is 0 Å². The van der Waals surface area contributed by atoms with E-state index in [-0.39, 0.29) is 30.1 Å². The lowest BCUT2D eigenvalue weighted by Crippen LogP contribution is -2.33. The molecule has 0 unspecified atom stereocenters. The van der Waals surface area contributed by atoms with Crippen LogP contribution in [0.2, 0.25) is 0 Å². The highest BCUT2D eigenvalue weighted by molar-refractivity contribution is 5.98. The summed E-state index contributed by atoms with van der Waals surface area (Å²) >= 11 is 0. The Balaban J connectivity index is 1.81. The summed E-state index contributed by atoms with van der Waals surface area (Å²) in [5.41, 5.74) is 2.90. The standard InChI is InChI=1S/C21H24N4O3/c1-13(2)24(4)20(27)16-11-15(10-9-14(16)3)22-19(26)12-25-18-8-6-5-7-17(18)23-21(25)28/h5-11,13H,12H2,1-4H3,(H,22,26)(H,23,28). The smallest absolute Gasteiger partial charge is 0.326 e. The number of imidazole rings is 1. The Morgan fingerprint density at radius 1 is 1.18 bits per heavy atom. The Morgan fingerprint density at radius 3 is 2.61 bits per heavy atom. The van der Waals surface area contributed by atoms with E-state index in [9.17, 15) is 14.4 Å². The van der Waals surface area contributed by atoms with Gasteiger partial charge in [0.05, 0.1) is 11.0 Å². The summed E-state index contributed by atoms with van der Waals surface area (Å²) in [4.78, 5) is 41.7. The molecule has 28 heavy (non-hydrogen) atoms. The first kappa shape index (κ1) is 19.4. The summed E-state index contributed by atoms with van der Waals surface area (Å²) in [6.07, 6.45) is 0. The first-order chi connectivity index (χ1) is 13.3. The third-order valence-electron chi connectivity index (χ3n) is 4.83. The maximum Gasteiger partial charge on any atom is 0.326 e. The number of carbonyl (C=O) groups excluding carboxylic acids is 2. The molecular weight excluding hydrogens is 356 g/mol. The number of hydrogen-bond acceptors (Lipinski definition) is 3. The van der Waals surface area contributed by atoms with Crippen LogP contribution in [0.1, 0.15) is 29.8 Å². The molecule has 0 bridgehead atoms. The predicted octanol–water partition coefficient (Wildman–Crippen LogP) is 2.76. The molecule has 0 fully saturated rings. The number of fused-ring (bicyclic) bond motifs is 1. The molecule has 7 nitrogen and oxygen atoms in total. The first-order valence-corrected chi connectivity index (χ1v) is 9.13. The summed E-state index contributed by atoms with van der Waals surface area (Å²) in [5.74, 6) is -0.442. The minimum absolute atomic E-state index is 0.0684. The number of aryl methyl sites for hydroxylation is 1. The highest BCUT2D eigenvalue weighted by Gasteiger charge is 2.18. The van der Waals surface area contributed by atoms with E-state index >= 15 is 0 Å². The molecule has 2 amide bonds. The fraction of sp³-hybridized carbons (Fsp3) is 0.286. The van der Waals surface area contributed by atoms with Gasteiger partial charge in [-0.05, 0) is 50.6 Å². The Bertz CT molecular complexity index is 1090. The van der Waals surface area contributed by atoms with Gasteiger partial charge in [-0.1, -0.05) is 18.2 Å². The van der Waals surface area contributed by atoms with Gasteiger partial charge < -0.3 is 15.2 Å². The van der Waals surface area contributed by atoms with Crippen LogP contribution in [-0.2, 0) is 11.3 Å². The lowest BCUT2D eigenvalue weighted by atomic mass is 10.1. The van der Waals surface area contributed by atoms with Crippen LogP contribution in [0, 0.1) is 6.92 Å². The van der Waals surface area contributed by atoms with Crippen molar-refractivity contribution < 1.29 is 9.59 Å². The van der Waals surface area contributed by atoms with E-state index < -0.39 is 0 Å². The van der Waals surface area contributed by atoms with Gasteiger partial charge in [0.25, 0.3) is 5.91 Å². The van der Waals surface area contributed by atoms with Crippen molar-refractivity contribution in [3.05, 3.63) is 64.1 Å². The second-order valence-electron chi connectivity index (χ2n) is 7.12. The van der Waals surface area contributed by atoms with Crippen LogP contribution >= 0.6 is 0 Å². The molecule has 3 aromatic rings. The van der Waals surface area contributed by atoms with Gasteiger partial charge in [-0.2, -0.15) is 0 Å². The summed E-state index contributed by atoms with van der Waals surface area (Å²) in [6, 6.07) is 12.5. The largest absolute Gasteiger partial charge is 0.339 e.